The Kier molecular flexibility index (Phi) is 2.95. The van der Waals surface area contributed by atoms with Crippen molar-refractivity contribution >= 4 is 16.9 Å². The van der Waals surface area contributed by atoms with Gasteiger partial charge in [-0.25, -0.2) is 9.18 Å². The lowest BCUT2D eigenvalue weighted by Gasteiger charge is -2.02. The molecule has 1 aromatic heterocycles. The number of carbonyl (C=O) groups is 1. The zero-order valence-electron chi connectivity index (χ0n) is 10.4. The van der Waals surface area contributed by atoms with Crippen LogP contribution in [0.3, 0.4) is 0 Å². The Morgan fingerprint density at radius 2 is 2.00 bits per heavy atom. The molecule has 0 aliphatic carbocycles. The van der Waals surface area contributed by atoms with E-state index in [0.29, 0.717) is 22.2 Å². The van der Waals surface area contributed by atoms with Crippen LogP contribution in [0.2, 0.25) is 0 Å². The third-order valence-electron chi connectivity index (χ3n) is 3.05. The van der Waals surface area contributed by atoms with Crippen LogP contribution in [-0.4, -0.2) is 10.8 Å². The van der Waals surface area contributed by atoms with Crippen LogP contribution in [0.15, 0.2) is 51.7 Å². The number of fused-ring (bicyclic) bond motifs is 1. The number of aromatic amines is 1. The van der Waals surface area contributed by atoms with Crippen molar-refractivity contribution in [1.29, 1.82) is 0 Å². The molecule has 1 heterocycles. The van der Waals surface area contributed by atoms with E-state index >= 15 is 0 Å². The van der Waals surface area contributed by atoms with Gasteiger partial charge in [0.05, 0.1) is 5.52 Å². The van der Waals surface area contributed by atoms with Gasteiger partial charge in [0, 0.05) is 12.0 Å². The first kappa shape index (κ1) is 12.3. The molecule has 0 atom stereocenters. The summed E-state index contributed by atoms with van der Waals surface area (Å²) in [7, 11) is 0. The summed E-state index contributed by atoms with van der Waals surface area (Å²) in [4.78, 5) is 25.7. The Hall–Kier alpha value is -2.69. The van der Waals surface area contributed by atoms with E-state index < -0.39 is 11.6 Å². The number of ketones is 1. The molecule has 5 heteroatoms. The molecular weight excluding hydrogens is 261 g/mol. The van der Waals surface area contributed by atoms with Gasteiger partial charge in [-0.05, 0) is 29.8 Å². The average molecular weight is 271 g/mol. The SMILES string of the molecule is O=C(Cc1ccccc1F)c1ccc2[nH]c(=O)oc2c1. The maximum atomic E-state index is 13.5. The van der Waals surface area contributed by atoms with Gasteiger partial charge in [-0.3, -0.25) is 9.78 Å². The summed E-state index contributed by atoms with van der Waals surface area (Å²) in [5.74, 6) is -1.21. The predicted octanol–water partition coefficient (Wildman–Crippen LogP) is 2.69. The molecule has 4 nitrogen and oxygen atoms in total. The zero-order chi connectivity index (χ0) is 14.1. The first-order valence-electron chi connectivity index (χ1n) is 6.03. The number of aromatic nitrogens is 1. The smallest absolute Gasteiger partial charge is 0.408 e. The molecule has 0 aliphatic heterocycles. The molecule has 0 radical (unpaired) electrons. The van der Waals surface area contributed by atoms with E-state index in [1.54, 1.807) is 30.3 Å². The van der Waals surface area contributed by atoms with Crippen molar-refractivity contribution in [3.05, 3.63) is 70.0 Å². The molecule has 0 amide bonds. The van der Waals surface area contributed by atoms with E-state index in [1.807, 2.05) is 0 Å². The van der Waals surface area contributed by atoms with E-state index in [9.17, 15) is 14.0 Å². The number of H-pyrrole nitrogens is 1. The molecule has 2 aromatic carbocycles. The van der Waals surface area contributed by atoms with Gasteiger partial charge in [0.2, 0.25) is 0 Å². The molecule has 3 rings (SSSR count). The van der Waals surface area contributed by atoms with Gasteiger partial charge in [0.15, 0.2) is 11.4 Å². The molecule has 0 spiro atoms. The predicted molar refractivity (Wildman–Crippen MR) is 71.3 cm³/mol. The molecule has 3 aromatic rings. The Balaban J connectivity index is 1.92. The van der Waals surface area contributed by atoms with E-state index in [2.05, 4.69) is 4.98 Å². The van der Waals surface area contributed by atoms with E-state index in [4.69, 9.17) is 4.42 Å². The fraction of sp³-hybridized carbons (Fsp3) is 0.0667. The summed E-state index contributed by atoms with van der Waals surface area (Å²) < 4.78 is 18.4. The summed E-state index contributed by atoms with van der Waals surface area (Å²) in [5.41, 5.74) is 1.56. The molecule has 0 fully saturated rings. The summed E-state index contributed by atoms with van der Waals surface area (Å²) in [6, 6.07) is 10.8. The molecule has 100 valence electrons. The molecule has 0 aliphatic rings. The third-order valence-corrected chi connectivity index (χ3v) is 3.05. The minimum atomic E-state index is -0.571. The van der Waals surface area contributed by atoms with Gasteiger partial charge in [0.25, 0.3) is 0 Å². The van der Waals surface area contributed by atoms with Crippen LogP contribution in [0, 0.1) is 5.82 Å². The highest BCUT2D eigenvalue weighted by molar-refractivity contribution is 5.99. The maximum absolute atomic E-state index is 13.5. The number of rotatable bonds is 3. The lowest BCUT2D eigenvalue weighted by atomic mass is 10.0. The largest absolute Gasteiger partial charge is 0.417 e. The Morgan fingerprint density at radius 1 is 1.20 bits per heavy atom. The van der Waals surface area contributed by atoms with Crippen molar-refractivity contribution in [1.82, 2.24) is 4.98 Å². The van der Waals surface area contributed by atoms with Gasteiger partial charge >= 0.3 is 5.76 Å². The minimum absolute atomic E-state index is 0.0349. The number of oxazole rings is 1. The van der Waals surface area contributed by atoms with Crippen molar-refractivity contribution in [3.63, 3.8) is 0 Å². The number of hydrogen-bond donors (Lipinski definition) is 1. The number of nitrogens with one attached hydrogen (secondary N) is 1. The van der Waals surface area contributed by atoms with Crippen molar-refractivity contribution in [3.8, 4) is 0 Å². The van der Waals surface area contributed by atoms with Crippen LogP contribution < -0.4 is 5.76 Å². The van der Waals surface area contributed by atoms with Gasteiger partial charge in [-0.2, -0.15) is 0 Å². The zero-order valence-corrected chi connectivity index (χ0v) is 10.4. The summed E-state index contributed by atoms with van der Waals surface area (Å²) in [6.07, 6.45) is -0.0349. The molecule has 0 unspecified atom stereocenters. The van der Waals surface area contributed by atoms with Crippen molar-refractivity contribution in [2.24, 2.45) is 0 Å². The molecule has 0 bridgehead atoms. The minimum Gasteiger partial charge on any atom is -0.408 e. The number of halogens is 1. The fourth-order valence-electron chi connectivity index (χ4n) is 2.04. The van der Waals surface area contributed by atoms with E-state index in [1.165, 1.54) is 12.1 Å². The maximum Gasteiger partial charge on any atom is 0.417 e. The summed E-state index contributed by atoms with van der Waals surface area (Å²) >= 11 is 0. The fourth-order valence-corrected chi connectivity index (χ4v) is 2.04. The molecule has 20 heavy (non-hydrogen) atoms. The van der Waals surface area contributed by atoms with E-state index in [-0.39, 0.29) is 12.2 Å². The Morgan fingerprint density at radius 3 is 2.80 bits per heavy atom. The van der Waals surface area contributed by atoms with Crippen molar-refractivity contribution in [2.75, 3.05) is 0 Å². The normalized spacial score (nSPS) is 10.8. The van der Waals surface area contributed by atoms with Crippen LogP contribution in [0.4, 0.5) is 4.39 Å². The summed E-state index contributed by atoms with van der Waals surface area (Å²) in [5, 5.41) is 0. The van der Waals surface area contributed by atoms with Crippen LogP contribution >= 0.6 is 0 Å². The second-order valence-corrected chi connectivity index (χ2v) is 4.42. The van der Waals surface area contributed by atoms with Crippen molar-refractivity contribution in [2.45, 2.75) is 6.42 Å². The molecular formula is C15H10FNO3. The first-order valence-corrected chi connectivity index (χ1v) is 6.03. The molecule has 0 saturated carbocycles. The molecule has 1 N–H and O–H groups in total. The Labute approximate surface area is 112 Å². The highest BCUT2D eigenvalue weighted by Crippen LogP contribution is 2.15. The van der Waals surface area contributed by atoms with Crippen LogP contribution in [0.25, 0.3) is 11.1 Å². The molecule has 0 saturated heterocycles. The van der Waals surface area contributed by atoms with E-state index in [0.717, 1.165) is 0 Å². The summed E-state index contributed by atoms with van der Waals surface area (Å²) in [6.45, 7) is 0. The van der Waals surface area contributed by atoms with Crippen LogP contribution in [-0.2, 0) is 6.42 Å². The standard InChI is InChI=1S/C15H10FNO3/c16-11-4-2-1-3-9(11)7-13(18)10-5-6-12-14(8-10)20-15(19)17-12/h1-6,8H,7H2,(H,17,19). The quantitative estimate of drug-likeness (QED) is 0.745. The third kappa shape index (κ3) is 2.25. The topological polar surface area (TPSA) is 63.1 Å². The highest BCUT2D eigenvalue weighted by atomic mass is 19.1. The first-order chi connectivity index (χ1) is 9.63. The second-order valence-electron chi connectivity index (χ2n) is 4.42. The van der Waals surface area contributed by atoms with Gasteiger partial charge in [-0.1, -0.05) is 18.2 Å². The second kappa shape index (κ2) is 4.77. The number of carbonyl (C=O) groups excluding carboxylic acids is 1. The lowest BCUT2D eigenvalue weighted by molar-refractivity contribution is 0.0992. The lowest BCUT2D eigenvalue weighted by Crippen LogP contribution is -2.04. The Bertz CT molecular complexity index is 847. The van der Waals surface area contributed by atoms with Crippen LogP contribution in [0.5, 0.6) is 0 Å². The number of benzene rings is 2. The highest BCUT2D eigenvalue weighted by Gasteiger charge is 2.12. The average Bonchev–Trinajstić information content (AvgIpc) is 2.80. The number of hydrogen-bond acceptors (Lipinski definition) is 3. The van der Waals surface area contributed by atoms with Gasteiger partial charge in [0.1, 0.15) is 5.82 Å². The number of Topliss-reactive ketones (excluding diaryl/α,β-unsaturated/α-hetero) is 1. The van der Waals surface area contributed by atoms with Crippen molar-refractivity contribution < 1.29 is 13.6 Å². The van der Waals surface area contributed by atoms with Crippen LogP contribution in [0.1, 0.15) is 15.9 Å². The van der Waals surface area contributed by atoms with Gasteiger partial charge in [-0.15, -0.1) is 0 Å². The van der Waals surface area contributed by atoms with Gasteiger partial charge < -0.3 is 4.42 Å². The monoisotopic (exact) mass is 271 g/mol.